The number of nitrogens with one attached hydrogen (secondary N) is 3. The quantitative estimate of drug-likeness (QED) is 0.755. The molecule has 0 aliphatic heterocycles. The van der Waals surface area contributed by atoms with E-state index in [1.54, 1.807) is 11.3 Å². The third-order valence-corrected chi connectivity index (χ3v) is 3.69. The highest BCUT2D eigenvalue weighted by molar-refractivity contribution is 7.09. The number of nitrogens with zero attached hydrogens (tertiary/aromatic N) is 1. The maximum absolute atomic E-state index is 12.7. The molecular formula is C15H17FN4O2S. The molecule has 0 aliphatic rings. The summed E-state index contributed by atoms with van der Waals surface area (Å²) in [4.78, 5) is 27.5. The van der Waals surface area contributed by atoms with Crippen LogP contribution in [0.5, 0.6) is 0 Å². The molecule has 0 aliphatic carbocycles. The molecule has 0 atom stereocenters. The number of thiazole rings is 1. The number of aromatic nitrogens is 1. The van der Waals surface area contributed by atoms with E-state index in [4.69, 9.17) is 0 Å². The number of carbonyl (C=O) groups excluding carboxylic acids is 2. The van der Waals surface area contributed by atoms with Gasteiger partial charge in [0.1, 0.15) is 5.82 Å². The Balaban J connectivity index is 1.63. The van der Waals surface area contributed by atoms with Crippen molar-refractivity contribution in [1.82, 2.24) is 15.6 Å². The van der Waals surface area contributed by atoms with Gasteiger partial charge in [-0.3, -0.25) is 4.79 Å². The van der Waals surface area contributed by atoms with Gasteiger partial charge in [-0.2, -0.15) is 0 Å². The van der Waals surface area contributed by atoms with E-state index in [9.17, 15) is 14.0 Å². The van der Waals surface area contributed by atoms with E-state index in [1.165, 1.54) is 24.3 Å². The van der Waals surface area contributed by atoms with Gasteiger partial charge in [-0.25, -0.2) is 14.2 Å². The summed E-state index contributed by atoms with van der Waals surface area (Å²) >= 11 is 1.56. The average molecular weight is 336 g/mol. The molecule has 3 N–H and O–H groups in total. The van der Waals surface area contributed by atoms with Crippen LogP contribution < -0.4 is 16.0 Å². The number of hydrogen-bond donors (Lipinski definition) is 3. The Kier molecular flexibility index (Phi) is 6.04. The van der Waals surface area contributed by atoms with Gasteiger partial charge in [0.2, 0.25) is 5.91 Å². The maximum atomic E-state index is 12.7. The normalized spacial score (nSPS) is 10.2. The summed E-state index contributed by atoms with van der Waals surface area (Å²) in [7, 11) is 0. The number of amides is 3. The maximum Gasteiger partial charge on any atom is 0.315 e. The first kappa shape index (κ1) is 16.9. The molecule has 0 unspecified atom stereocenters. The van der Waals surface area contributed by atoms with Crippen LogP contribution in [0.2, 0.25) is 0 Å². The second-order valence-corrected chi connectivity index (χ2v) is 5.83. The molecule has 0 saturated heterocycles. The SMILES string of the molecule is Cc1nc(CCNC(=O)NCC(=O)Nc2ccc(F)cc2)cs1. The zero-order valence-corrected chi connectivity index (χ0v) is 13.4. The number of rotatable bonds is 6. The summed E-state index contributed by atoms with van der Waals surface area (Å²) in [5.41, 5.74) is 1.40. The van der Waals surface area contributed by atoms with E-state index in [1.807, 2.05) is 12.3 Å². The highest BCUT2D eigenvalue weighted by Crippen LogP contribution is 2.08. The van der Waals surface area contributed by atoms with Gasteiger partial charge in [0, 0.05) is 24.0 Å². The van der Waals surface area contributed by atoms with Crippen molar-refractivity contribution in [2.24, 2.45) is 0 Å². The van der Waals surface area contributed by atoms with Crippen molar-refractivity contribution >= 4 is 29.0 Å². The van der Waals surface area contributed by atoms with Crippen LogP contribution in [0.15, 0.2) is 29.6 Å². The minimum absolute atomic E-state index is 0.168. The molecule has 23 heavy (non-hydrogen) atoms. The number of urea groups is 1. The molecule has 1 heterocycles. The van der Waals surface area contributed by atoms with Crippen LogP contribution >= 0.6 is 11.3 Å². The third-order valence-electron chi connectivity index (χ3n) is 2.87. The van der Waals surface area contributed by atoms with Crippen LogP contribution in [-0.4, -0.2) is 30.0 Å². The Morgan fingerprint density at radius 2 is 1.96 bits per heavy atom. The molecule has 2 rings (SSSR count). The molecule has 0 saturated carbocycles. The van der Waals surface area contributed by atoms with Crippen molar-refractivity contribution < 1.29 is 14.0 Å². The molecule has 8 heteroatoms. The van der Waals surface area contributed by atoms with Crippen molar-refractivity contribution in [3.63, 3.8) is 0 Å². The lowest BCUT2D eigenvalue weighted by molar-refractivity contribution is -0.115. The van der Waals surface area contributed by atoms with Crippen molar-refractivity contribution in [2.45, 2.75) is 13.3 Å². The van der Waals surface area contributed by atoms with Crippen molar-refractivity contribution in [1.29, 1.82) is 0 Å². The van der Waals surface area contributed by atoms with E-state index in [-0.39, 0.29) is 18.3 Å². The van der Waals surface area contributed by atoms with Crippen LogP contribution in [0.1, 0.15) is 10.7 Å². The van der Waals surface area contributed by atoms with E-state index >= 15 is 0 Å². The van der Waals surface area contributed by atoms with Crippen LogP contribution in [0.4, 0.5) is 14.9 Å². The zero-order valence-electron chi connectivity index (χ0n) is 12.6. The lowest BCUT2D eigenvalue weighted by atomic mass is 10.3. The van der Waals surface area contributed by atoms with E-state index in [0.717, 1.165) is 10.7 Å². The minimum atomic E-state index is -0.425. The largest absolute Gasteiger partial charge is 0.338 e. The molecule has 0 radical (unpaired) electrons. The molecule has 3 amide bonds. The molecule has 0 spiro atoms. The highest BCUT2D eigenvalue weighted by atomic mass is 32.1. The van der Waals surface area contributed by atoms with Crippen LogP contribution in [0.25, 0.3) is 0 Å². The zero-order chi connectivity index (χ0) is 16.7. The summed E-state index contributed by atoms with van der Waals surface area (Å²) in [6.45, 7) is 2.20. The smallest absolute Gasteiger partial charge is 0.315 e. The Labute approximate surface area is 137 Å². The first-order chi connectivity index (χ1) is 11.0. The number of aryl methyl sites for hydroxylation is 1. The van der Waals surface area contributed by atoms with Gasteiger partial charge < -0.3 is 16.0 Å². The Bertz CT molecular complexity index is 672. The number of anilines is 1. The number of carbonyl (C=O) groups is 2. The Hall–Kier alpha value is -2.48. The molecule has 6 nitrogen and oxygen atoms in total. The van der Waals surface area contributed by atoms with E-state index in [2.05, 4.69) is 20.9 Å². The van der Waals surface area contributed by atoms with Crippen LogP contribution in [0.3, 0.4) is 0 Å². The minimum Gasteiger partial charge on any atom is -0.338 e. The topological polar surface area (TPSA) is 83.1 Å². The lowest BCUT2D eigenvalue weighted by Gasteiger charge is -2.08. The fourth-order valence-electron chi connectivity index (χ4n) is 1.79. The van der Waals surface area contributed by atoms with Gasteiger partial charge in [0.15, 0.2) is 0 Å². The fourth-order valence-corrected chi connectivity index (χ4v) is 2.44. The first-order valence-corrected chi connectivity index (χ1v) is 7.89. The number of benzene rings is 1. The first-order valence-electron chi connectivity index (χ1n) is 7.01. The number of hydrogen-bond acceptors (Lipinski definition) is 4. The summed E-state index contributed by atoms with van der Waals surface area (Å²) < 4.78 is 12.7. The average Bonchev–Trinajstić information content (AvgIpc) is 2.93. The molecular weight excluding hydrogens is 319 g/mol. The van der Waals surface area contributed by atoms with Gasteiger partial charge in [-0.1, -0.05) is 0 Å². The summed E-state index contributed by atoms with van der Waals surface area (Å²) in [5.74, 6) is -0.766. The van der Waals surface area contributed by atoms with Gasteiger partial charge in [0.05, 0.1) is 17.2 Å². The standard InChI is InChI=1S/C15H17FN4O2S/c1-10-19-13(9-23-10)6-7-17-15(22)18-8-14(21)20-12-4-2-11(16)3-5-12/h2-5,9H,6-8H2,1H3,(H,20,21)(H2,17,18,22). The molecule has 2 aromatic rings. The summed E-state index contributed by atoms with van der Waals surface area (Å²) in [6, 6.07) is 4.96. The third kappa shape index (κ3) is 6.03. The van der Waals surface area contributed by atoms with Crippen LogP contribution in [-0.2, 0) is 11.2 Å². The van der Waals surface area contributed by atoms with Gasteiger partial charge in [-0.05, 0) is 31.2 Å². The van der Waals surface area contributed by atoms with E-state index < -0.39 is 6.03 Å². The monoisotopic (exact) mass is 336 g/mol. The second-order valence-electron chi connectivity index (χ2n) is 4.77. The Morgan fingerprint density at radius 3 is 2.61 bits per heavy atom. The molecule has 122 valence electrons. The van der Waals surface area contributed by atoms with Gasteiger partial charge >= 0.3 is 6.03 Å². The van der Waals surface area contributed by atoms with E-state index in [0.29, 0.717) is 18.7 Å². The molecule has 1 aromatic heterocycles. The predicted octanol–water partition coefficient (Wildman–Crippen LogP) is 2.07. The van der Waals surface area contributed by atoms with Gasteiger partial charge in [-0.15, -0.1) is 11.3 Å². The Morgan fingerprint density at radius 1 is 1.22 bits per heavy atom. The van der Waals surface area contributed by atoms with Gasteiger partial charge in [0.25, 0.3) is 0 Å². The van der Waals surface area contributed by atoms with Crippen LogP contribution in [0, 0.1) is 12.7 Å². The summed E-state index contributed by atoms with van der Waals surface area (Å²) in [6.07, 6.45) is 0.638. The molecule has 0 fully saturated rings. The lowest BCUT2D eigenvalue weighted by Crippen LogP contribution is -2.40. The highest BCUT2D eigenvalue weighted by Gasteiger charge is 2.06. The van der Waals surface area contributed by atoms with Crippen molar-refractivity contribution in [3.8, 4) is 0 Å². The number of halogens is 1. The molecule has 1 aromatic carbocycles. The van der Waals surface area contributed by atoms with Crippen molar-refractivity contribution in [3.05, 3.63) is 46.2 Å². The fraction of sp³-hybridized carbons (Fsp3) is 0.267. The van der Waals surface area contributed by atoms with Crippen molar-refractivity contribution in [2.75, 3.05) is 18.4 Å². The molecule has 0 bridgehead atoms. The predicted molar refractivity (Wildman–Crippen MR) is 87.0 cm³/mol. The second kappa shape index (κ2) is 8.23. The summed E-state index contributed by atoms with van der Waals surface area (Å²) in [5, 5.41) is 10.6.